The molecule has 2 nitrogen and oxygen atoms in total. The van der Waals surface area contributed by atoms with Crippen molar-refractivity contribution in [2.45, 2.75) is 51.5 Å². The van der Waals surface area contributed by atoms with Gasteiger partial charge in [-0.3, -0.25) is 11.3 Å². The SMILES string of the molecule is CCC1CCC(C(Cc2cccc(F)c2Br)NN)CC1. The van der Waals surface area contributed by atoms with Crippen LogP contribution in [-0.4, -0.2) is 6.04 Å². The molecule has 0 aliphatic heterocycles. The minimum absolute atomic E-state index is 0.201. The van der Waals surface area contributed by atoms with Crippen LogP contribution >= 0.6 is 15.9 Å². The lowest BCUT2D eigenvalue weighted by atomic mass is 9.76. The number of rotatable bonds is 5. The molecule has 1 unspecified atom stereocenters. The second-order valence-corrected chi connectivity index (χ2v) is 6.67. The lowest BCUT2D eigenvalue weighted by Gasteiger charge is -2.33. The predicted octanol–water partition coefficient (Wildman–Crippen LogP) is 4.18. The summed E-state index contributed by atoms with van der Waals surface area (Å²) in [6.07, 6.45) is 7.09. The summed E-state index contributed by atoms with van der Waals surface area (Å²) >= 11 is 3.34. The predicted molar refractivity (Wildman–Crippen MR) is 84.7 cm³/mol. The van der Waals surface area contributed by atoms with Crippen LogP contribution in [0.25, 0.3) is 0 Å². The first-order chi connectivity index (χ1) is 9.65. The summed E-state index contributed by atoms with van der Waals surface area (Å²) in [5.74, 6) is 7.02. The second-order valence-electron chi connectivity index (χ2n) is 5.88. The van der Waals surface area contributed by atoms with Gasteiger partial charge in [-0.05, 0) is 58.7 Å². The molecule has 1 atom stereocenters. The Morgan fingerprint density at radius 3 is 2.65 bits per heavy atom. The number of hydrazine groups is 1. The zero-order valence-electron chi connectivity index (χ0n) is 12.0. The standard InChI is InChI=1S/C16H24BrFN2/c1-2-11-6-8-12(9-7-11)15(20-19)10-13-4-3-5-14(18)16(13)17/h3-5,11-12,15,20H,2,6-10,19H2,1H3. The van der Waals surface area contributed by atoms with E-state index in [9.17, 15) is 4.39 Å². The van der Waals surface area contributed by atoms with Crippen LogP contribution in [0.1, 0.15) is 44.6 Å². The van der Waals surface area contributed by atoms with Crippen LogP contribution in [0.2, 0.25) is 0 Å². The van der Waals surface area contributed by atoms with Crippen LogP contribution in [0.3, 0.4) is 0 Å². The molecule has 112 valence electrons. The monoisotopic (exact) mass is 342 g/mol. The van der Waals surface area contributed by atoms with Gasteiger partial charge in [0.15, 0.2) is 0 Å². The van der Waals surface area contributed by atoms with Crippen LogP contribution in [0.5, 0.6) is 0 Å². The fourth-order valence-electron chi connectivity index (χ4n) is 3.30. The molecule has 1 aromatic carbocycles. The molecule has 0 heterocycles. The smallest absolute Gasteiger partial charge is 0.137 e. The summed E-state index contributed by atoms with van der Waals surface area (Å²) in [5.41, 5.74) is 3.95. The van der Waals surface area contributed by atoms with Gasteiger partial charge in [-0.1, -0.05) is 38.3 Å². The number of hydrogen-bond acceptors (Lipinski definition) is 2. The largest absolute Gasteiger partial charge is 0.271 e. The molecule has 3 N–H and O–H groups in total. The highest BCUT2D eigenvalue weighted by molar-refractivity contribution is 9.10. The molecular formula is C16H24BrFN2. The first kappa shape index (κ1) is 15.9. The van der Waals surface area contributed by atoms with Crippen LogP contribution in [0.15, 0.2) is 22.7 Å². The average molecular weight is 343 g/mol. The Balaban J connectivity index is 2.00. The zero-order chi connectivity index (χ0) is 14.5. The van der Waals surface area contributed by atoms with Crippen LogP contribution < -0.4 is 11.3 Å². The van der Waals surface area contributed by atoms with Crippen molar-refractivity contribution in [1.29, 1.82) is 0 Å². The van der Waals surface area contributed by atoms with Crippen molar-refractivity contribution in [2.75, 3.05) is 0 Å². The van der Waals surface area contributed by atoms with Crippen molar-refractivity contribution >= 4 is 15.9 Å². The molecule has 0 amide bonds. The average Bonchev–Trinajstić information content (AvgIpc) is 2.49. The Morgan fingerprint density at radius 1 is 1.35 bits per heavy atom. The van der Waals surface area contributed by atoms with Crippen LogP contribution in [-0.2, 0) is 6.42 Å². The highest BCUT2D eigenvalue weighted by Crippen LogP contribution is 2.34. The fourth-order valence-corrected chi connectivity index (χ4v) is 3.73. The van der Waals surface area contributed by atoms with Crippen molar-refractivity contribution in [3.05, 3.63) is 34.1 Å². The highest BCUT2D eigenvalue weighted by atomic mass is 79.9. The Morgan fingerprint density at radius 2 is 2.05 bits per heavy atom. The molecule has 1 aliphatic rings. The molecule has 1 fully saturated rings. The van der Waals surface area contributed by atoms with E-state index in [1.54, 1.807) is 6.07 Å². The summed E-state index contributed by atoms with van der Waals surface area (Å²) in [6, 6.07) is 5.43. The van der Waals surface area contributed by atoms with Gasteiger partial charge in [0, 0.05) is 6.04 Å². The Labute approximate surface area is 129 Å². The van der Waals surface area contributed by atoms with Gasteiger partial charge >= 0.3 is 0 Å². The van der Waals surface area contributed by atoms with Gasteiger partial charge in [0.05, 0.1) is 4.47 Å². The Bertz CT molecular complexity index is 430. The molecule has 1 aromatic rings. The zero-order valence-corrected chi connectivity index (χ0v) is 13.6. The van der Waals surface area contributed by atoms with Gasteiger partial charge < -0.3 is 0 Å². The highest BCUT2D eigenvalue weighted by Gasteiger charge is 2.27. The number of benzene rings is 1. The van der Waals surface area contributed by atoms with Crippen molar-refractivity contribution in [3.63, 3.8) is 0 Å². The molecule has 0 bridgehead atoms. The molecule has 20 heavy (non-hydrogen) atoms. The molecule has 0 spiro atoms. The third kappa shape index (κ3) is 3.80. The number of nitrogens with two attached hydrogens (primary N) is 1. The van der Waals surface area contributed by atoms with Crippen molar-refractivity contribution in [3.8, 4) is 0 Å². The summed E-state index contributed by atoms with van der Waals surface area (Å²) in [7, 11) is 0. The summed E-state index contributed by atoms with van der Waals surface area (Å²) in [4.78, 5) is 0. The molecule has 0 aromatic heterocycles. The molecular weight excluding hydrogens is 319 g/mol. The minimum Gasteiger partial charge on any atom is -0.271 e. The topological polar surface area (TPSA) is 38.0 Å². The van der Waals surface area contributed by atoms with E-state index in [0.717, 1.165) is 17.9 Å². The first-order valence-electron chi connectivity index (χ1n) is 7.54. The quantitative estimate of drug-likeness (QED) is 0.622. The van der Waals surface area contributed by atoms with E-state index >= 15 is 0 Å². The van der Waals surface area contributed by atoms with Crippen molar-refractivity contribution in [2.24, 2.45) is 17.7 Å². The van der Waals surface area contributed by atoms with E-state index in [4.69, 9.17) is 5.84 Å². The van der Waals surface area contributed by atoms with Gasteiger partial charge in [0.1, 0.15) is 5.82 Å². The van der Waals surface area contributed by atoms with Crippen LogP contribution in [0.4, 0.5) is 4.39 Å². The summed E-state index contributed by atoms with van der Waals surface area (Å²) in [6.45, 7) is 2.27. The van der Waals surface area contributed by atoms with Gasteiger partial charge in [0.25, 0.3) is 0 Å². The lowest BCUT2D eigenvalue weighted by molar-refractivity contribution is 0.217. The third-order valence-corrected chi connectivity index (χ3v) is 5.61. The molecule has 0 radical (unpaired) electrons. The molecule has 2 rings (SSSR count). The van der Waals surface area contributed by atoms with E-state index in [-0.39, 0.29) is 11.9 Å². The van der Waals surface area contributed by atoms with Crippen molar-refractivity contribution < 1.29 is 4.39 Å². The number of nitrogens with one attached hydrogen (secondary N) is 1. The summed E-state index contributed by atoms with van der Waals surface area (Å²) in [5, 5.41) is 0. The molecule has 1 aliphatic carbocycles. The number of halogens is 2. The summed E-state index contributed by atoms with van der Waals surface area (Å²) < 4.78 is 14.1. The maximum absolute atomic E-state index is 13.6. The van der Waals surface area contributed by atoms with Gasteiger partial charge in [0.2, 0.25) is 0 Å². The van der Waals surface area contributed by atoms with E-state index in [1.165, 1.54) is 38.2 Å². The first-order valence-corrected chi connectivity index (χ1v) is 8.34. The third-order valence-electron chi connectivity index (χ3n) is 4.72. The van der Waals surface area contributed by atoms with Gasteiger partial charge in [-0.15, -0.1) is 0 Å². The molecule has 0 saturated heterocycles. The Kier molecular flexibility index (Phi) is 6.00. The fraction of sp³-hybridized carbons (Fsp3) is 0.625. The second kappa shape index (κ2) is 7.53. The molecule has 4 heteroatoms. The van der Waals surface area contributed by atoms with E-state index in [2.05, 4.69) is 28.3 Å². The lowest BCUT2D eigenvalue weighted by Crippen LogP contribution is -2.43. The molecule has 1 saturated carbocycles. The number of hydrogen-bond donors (Lipinski definition) is 2. The van der Waals surface area contributed by atoms with Crippen molar-refractivity contribution in [1.82, 2.24) is 5.43 Å². The maximum Gasteiger partial charge on any atom is 0.137 e. The minimum atomic E-state index is -0.201. The van der Waals surface area contributed by atoms with Gasteiger partial charge in [-0.25, -0.2) is 4.39 Å². The Hall–Kier alpha value is -0.450. The van der Waals surface area contributed by atoms with E-state index < -0.39 is 0 Å². The van der Waals surface area contributed by atoms with E-state index in [1.807, 2.05) is 6.07 Å². The van der Waals surface area contributed by atoms with E-state index in [0.29, 0.717) is 10.4 Å². The normalized spacial score (nSPS) is 24.6. The maximum atomic E-state index is 13.6. The van der Waals surface area contributed by atoms with Crippen LogP contribution in [0, 0.1) is 17.7 Å². The van der Waals surface area contributed by atoms with Gasteiger partial charge in [-0.2, -0.15) is 0 Å².